The number of rotatable bonds is 3. The van der Waals surface area contributed by atoms with Gasteiger partial charge in [0.2, 0.25) is 0 Å². The van der Waals surface area contributed by atoms with Crippen LogP contribution in [-0.2, 0) is 18.8 Å². The summed E-state index contributed by atoms with van der Waals surface area (Å²) in [7, 11) is -0.392. The Morgan fingerprint density at radius 3 is 2.11 bits per heavy atom. The van der Waals surface area contributed by atoms with Crippen LogP contribution in [-0.4, -0.2) is 29.9 Å². The fraction of sp³-hybridized carbons (Fsp3) is 0.682. The lowest BCUT2D eigenvalue weighted by molar-refractivity contribution is -0.157. The lowest BCUT2D eigenvalue weighted by atomic mass is 9.78. The summed E-state index contributed by atoms with van der Waals surface area (Å²) in [6, 6.07) is 8.27. The maximum atomic E-state index is 12.7. The van der Waals surface area contributed by atoms with E-state index in [0.29, 0.717) is 0 Å². The summed E-state index contributed by atoms with van der Waals surface area (Å²) in [4.78, 5) is 12.7. The minimum absolute atomic E-state index is 0.112. The molecule has 2 atom stereocenters. The summed E-state index contributed by atoms with van der Waals surface area (Å²) in [6.45, 7) is 18.2. The molecule has 1 aromatic rings. The van der Waals surface area contributed by atoms with Crippen LogP contribution in [0, 0.1) is 11.3 Å². The number of ether oxygens (including phenoxy) is 1. The topological polar surface area (TPSA) is 44.8 Å². The molecule has 0 bridgehead atoms. The smallest absolute Gasteiger partial charge is 0.460 e. The van der Waals surface area contributed by atoms with Gasteiger partial charge in [0.15, 0.2) is 0 Å². The summed E-state index contributed by atoms with van der Waals surface area (Å²) in [5, 5.41) is 0. The van der Waals surface area contributed by atoms with E-state index in [1.807, 2.05) is 32.9 Å². The van der Waals surface area contributed by atoms with Crippen LogP contribution < -0.4 is 5.46 Å². The molecule has 5 heteroatoms. The second kappa shape index (κ2) is 6.08. The van der Waals surface area contributed by atoms with E-state index >= 15 is 0 Å². The molecule has 1 aromatic carbocycles. The first kappa shape index (κ1) is 20.4. The molecule has 1 saturated carbocycles. The van der Waals surface area contributed by atoms with Crippen LogP contribution in [0.4, 0.5) is 0 Å². The number of esters is 1. The first-order chi connectivity index (χ1) is 12.2. The van der Waals surface area contributed by atoms with Crippen molar-refractivity contribution in [3.05, 3.63) is 29.8 Å². The van der Waals surface area contributed by atoms with Crippen molar-refractivity contribution in [3.8, 4) is 0 Å². The van der Waals surface area contributed by atoms with Gasteiger partial charge in [-0.15, -0.1) is 0 Å². The molecule has 4 nitrogen and oxygen atoms in total. The van der Waals surface area contributed by atoms with Crippen LogP contribution >= 0.6 is 0 Å². The molecule has 1 heterocycles. The molecule has 2 unspecified atom stereocenters. The predicted molar refractivity (Wildman–Crippen MR) is 108 cm³/mol. The molecule has 0 amide bonds. The molecule has 27 heavy (non-hydrogen) atoms. The molecule has 0 spiro atoms. The van der Waals surface area contributed by atoms with Gasteiger partial charge in [0, 0.05) is 5.92 Å². The van der Waals surface area contributed by atoms with E-state index in [-0.39, 0.29) is 34.4 Å². The maximum absolute atomic E-state index is 12.7. The zero-order valence-corrected chi connectivity index (χ0v) is 18.2. The van der Waals surface area contributed by atoms with Crippen LogP contribution in [0.3, 0.4) is 0 Å². The first-order valence-electron chi connectivity index (χ1n) is 9.84. The number of carbonyl (C=O) groups excluding carboxylic acids is 1. The minimum Gasteiger partial charge on any atom is -0.460 e. The van der Waals surface area contributed by atoms with Crippen molar-refractivity contribution in [2.24, 2.45) is 11.3 Å². The van der Waals surface area contributed by atoms with Gasteiger partial charge in [-0.2, -0.15) is 0 Å². The second-order valence-electron chi connectivity index (χ2n) is 10.6. The van der Waals surface area contributed by atoms with Gasteiger partial charge in [0.1, 0.15) is 5.60 Å². The average Bonchev–Trinajstić information content (AvgIpc) is 2.98. The van der Waals surface area contributed by atoms with E-state index in [2.05, 4.69) is 53.7 Å². The van der Waals surface area contributed by atoms with Crippen LogP contribution in [0.25, 0.3) is 0 Å². The summed E-state index contributed by atoms with van der Waals surface area (Å²) < 4.78 is 18.0. The average molecular weight is 372 g/mol. The van der Waals surface area contributed by atoms with Crippen LogP contribution in [0.1, 0.15) is 73.8 Å². The largest absolute Gasteiger partial charge is 0.494 e. The van der Waals surface area contributed by atoms with E-state index in [9.17, 15) is 4.79 Å². The van der Waals surface area contributed by atoms with Gasteiger partial charge >= 0.3 is 13.1 Å². The Labute approximate surface area is 164 Å². The van der Waals surface area contributed by atoms with E-state index in [4.69, 9.17) is 14.0 Å². The molecular weight excluding hydrogens is 339 g/mol. The highest BCUT2D eigenvalue weighted by molar-refractivity contribution is 6.62. The molecule has 1 aliphatic heterocycles. The number of hydrogen-bond acceptors (Lipinski definition) is 4. The zero-order valence-electron chi connectivity index (χ0n) is 18.2. The van der Waals surface area contributed by atoms with E-state index < -0.39 is 12.7 Å². The van der Waals surface area contributed by atoms with Gasteiger partial charge in [-0.25, -0.2) is 0 Å². The standard InChI is InChI=1S/C22H33BO4/c1-19(2,3)25-18(24)17-16(20(17,4)5)14-11-10-12-15(13-14)23-26-21(6,7)22(8,9)27-23/h10-13,16-17H,1-9H3. The zero-order chi connectivity index (χ0) is 20.4. The Hall–Kier alpha value is -1.33. The highest BCUT2D eigenvalue weighted by Crippen LogP contribution is 2.64. The van der Waals surface area contributed by atoms with Crippen molar-refractivity contribution in [3.63, 3.8) is 0 Å². The summed E-state index contributed by atoms with van der Waals surface area (Å²) >= 11 is 0. The van der Waals surface area contributed by atoms with Gasteiger partial charge in [-0.3, -0.25) is 4.79 Å². The third-order valence-electron chi connectivity index (χ3n) is 6.28. The molecule has 1 saturated heterocycles. The monoisotopic (exact) mass is 372 g/mol. The Bertz CT molecular complexity index is 729. The SMILES string of the molecule is CC(C)(C)OC(=O)C1C(c2cccc(B3OC(C)(C)C(C)(C)O3)c2)C1(C)C. The predicted octanol–water partition coefficient (Wildman–Crippen LogP) is 4.07. The van der Waals surface area contributed by atoms with Crippen LogP contribution in [0.5, 0.6) is 0 Å². The Balaban J connectivity index is 1.82. The van der Waals surface area contributed by atoms with E-state index in [1.54, 1.807) is 0 Å². The van der Waals surface area contributed by atoms with Crippen molar-refractivity contribution in [1.82, 2.24) is 0 Å². The van der Waals surface area contributed by atoms with Crippen molar-refractivity contribution >= 4 is 18.6 Å². The maximum Gasteiger partial charge on any atom is 0.494 e. The fourth-order valence-electron chi connectivity index (χ4n) is 3.94. The minimum atomic E-state index is -0.467. The number of carbonyl (C=O) groups is 1. The molecule has 0 aromatic heterocycles. The van der Waals surface area contributed by atoms with Crippen LogP contribution in [0.15, 0.2) is 24.3 Å². The fourth-order valence-corrected chi connectivity index (χ4v) is 3.94. The lowest BCUT2D eigenvalue weighted by Gasteiger charge is -2.32. The molecule has 0 radical (unpaired) electrons. The van der Waals surface area contributed by atoms with Crippen LogP contribution in [0.2, 0.25) is 0 Å². The molecule has 0 N–H and O–H groups in total. The number of benzene rings is 1. The van der Waals surface area contributed by atoms with Gasteiger partial charge in [-0.05, 0) is 64.9 Å². The molecule has 2 fully saturated rings. The van der Waals surface area contributed by atoms with Crippen molar-refractivity contribution in [1.29, 1.82) is 0 Å². The molecule has 148 valence electrons. The highest BCUT2D eigenvalue weighted by atomic mass is 16.7. The van der Waals surface area contributed by atoms with Crippen molar-refractivity contribution in [2.45, 2.75) is 85.0 Å². The Kier molecular flexibility index (Phi) is 4.60. The highest BCUT2D eigenvalue weighted by Gasteiger charge is 2.63. The van der Waals surface area contributed by atoms with Gasteiger partial charge in [0.05, 0.1) is 17.1 Å². The molecule has 1 aliphatic carbocycles. The van der Waals surface area contributed by atoms with E-state index in [1.165, 1.54) is 0 Å². The Morgan fingerprint density at radius 2 is 1.59 bits per heavy atom. The van der Waals surface area contributed by atoms with Gasteiger partial charge in [0.25, 0.3) is 0 Å². The third-order valence-corrected chi connectivity index (χ3v) is 6.28. The molecule has 3 rings (SSSR count). The summed E-state index contributed by atoms with van der Waals surface area (Å²) in [6.07, 6.45) is 0. The first-order valence-corrected chi connectivity index (χ1v) is 9.84. The second-order valence-corrected chi connectivity index (χ2v) is 10.6. The summed E-state index contributed by atoms with van der Waals surface area (Å²) in [5.41, 5.74) is 0.818. The number of hydrogen-bond donors (Lipinski definition) is 0. The summed E-state index contributed by atoms with van der Waals surface area (Å²) in [5.74, 6) is -0.0847. The lowest BCUT2D eigenvalue weighted by Crippen LogP contribution is -2.41. The van der Waals surface area contributed by atoms with Gasteiger partial charge < -0.3 is 14.0 Å². The van der Waals surface area contributed by atoms with Gasteiger partial charge in [-0.1, -0.05) is 38.1 Å². The molecule has 2 aliphatic rings. The quantitative estimate of drug-likeness (QED) is 0.593. The Morgan fingerprint density at radius 1 is 1.04 bits per heavy atom. The molecular formula is C22H33BO4. The third kappa shape index (κ3) is 3.69. The van der Waals surface area contributed by atoms with Crippen molar-refractivity contribution < 1.29 is 18.8 Å². The van der Waals surface area contributed by atoms with E-state index in [0.717, 1.165) is 11.0 Å². The normalized spacial score (nSPS) is 28.1. The van der Waals surface area contributed by atoms with Crippen molar-refractivity contribution in [2.75, 3.05) is 0 Å².